The summed E-state index contributed by atoms with van der Waals surface area (Å²) in [6, 6.07) is -0.728. The zero-order valence-electron chi connectivity index (χ0n) is 13.7. The summed E-state index contributed by atoms with van der Waals surface area (Å²) >= 11 is 3.29. The van der Waals surface area contributed by atoms with Crippen LogP contribution in [0.15, 0.2) is 4.60 Å². The molecule has 144 valence electrons. The molecule has 0 bridgehead atoms. The first-order valence-electron chi connectivity index (χ1n) is 7.80. The topological polar surface area (TPSA) is 84.3 Å². The molecule has 1 saturated carbocycles. The largest absolute Gasteiger partial charge is 0.325 e. The number of Topliss-reactive ketones (excluding diaryl/α,β-unsaturated/α-hetero) is 1. The molecule has 2 aliphatic rings. The number of aromatic nitrogens is 2. The van der Waals surface area contributed by atoms with Gasteiger partial charge in [-0.2, -0.15) is 0 Å². The van der Waals surface area contributed by atoms with Crippen molar-refractivity contribution in [2.45, 2.75) is 51.5 Å². The Hall–Kier alpha value is -1.84. The number of amides is 3. The molecule has 1 aromatic heterocycles. The van der Waals surface area contributed by atoms with E-state index in [1.165, 1.54) is 4.57 Å². The molecule has 1 aliphatic heterocycles. The van der Waals surface area contributed by atoms with E-state index in [4.69, 9.17) is 0 Å². The Morgan fingerprint density at radius 2 is 1.85 bits per heavy atom. The van der Waals surface area contributed by atoms with E-state index in [-0.39, 0.29) is 26.1 Å². The van der Waals surface area contributed by atoms with Gasteiger partial charge in [-0.3, -0.25) is 14.5 Å². The van der Waals surface area contributed by atoms with Gasteiger partial charge in [-0.05, 0) is 35.7 Å². The summed E-state index contributed by atoms with van der Waals surface area (Å²) in [4.78, 5) is 42.2. The number of hydrogen-bond donors (Lipinski definition) is 1. The molecule has 3 rings (SSSR count). The monoisotopic (exact) mass is 434 g/mol. The molecule has 0 unspecified atom stereocenters. The number of carbonyl (C=O) groups is 3. The average Bonchev–Trinajstić information content (AvgIpc) is 2.93. The van der Waals surface area contributed by atoms with Gasteiger partial charge < -0.3 is 9.88 Å². The van der Waals surface area contributed by atoms with E-state index in [9.17, 15) is 23.2 Å². The lowest BCUT2D eigenvalue weighted by Crippen LogP contribution is -2.51. The molecular weight excluding hydrogens is 414 g/mol. The van der Waals surface area contributed by atoms with Crippen molar-refractivity contribution in [2.75, 3.05) is 6.54 Å². The minimum atomic E-state index is -2.82. The molecule has 2 fully saturated rings. The zero-order chi connectivity index (χ0) is 18.6. The minimum Gasteiger partial charge on any atom is -0.323 e. The molecule has 1 N–H and O–H groups in total. The number of imidazole rings is 1. The number of aryl methyl sites for hydroxylation is 1. The van der Waals surface area contributed by atoms with Crippen molar-refractivity contribution in [1.29, 1.82) is 0 Å². The summed E-state index contributed by atoms with van der Waals surface area (Å²) in [5.41, 5.74) is -0.717. The van der Waals surface area contributed by atoms with Gasteiger partial charge in [-0.25, -0.2) is 18.6 Å². The lowest BCUT2D eigenvalue weighted by molar-refractivity contribution is -0.135. The average molecular weight is 435 g/mol. The van der Waals surface area contributed by atoms with Gasteiger partial charge in [-0.1, -0.05) is 7.43 Å². The molecule has 26 heavy (non-hydrogen) atoms. The maximum atomic E-state index is 13.4. The van der Waals surface area contributed by atoms with Gasteiger partial charge in [0.15, 0.2) is 5.82 Å². The summed E-state index contributed by atoms with van der Waals surface area (Å²) in [5.74, 6) is -3.83. The van der Waals surface area contributed by atoms with E-state index < -0.39 is 48.6 Å². The summed E-state index contributed by atoms with van der Waals surface area (Å²) in [6.07, 6.45) is -1.21. The predicted octanol–water partition coefficient (Wildman–Crippen LogP) is 2.81. The van der Waals surface area contributed by atoms with E-state index in [1.54, 1.807) is 14.0 Å². The van der Waals surface area contributed by atoms with E-state index in [1.807, 2.05) is 0 Å². The fourth-order valence-electron chi connectivity index (χ4n) is 3.28. The Balaban J connectivity index is 0.00000243. The van der Waals surface area contributed by atoms with Gasteiger partial charge in [0.05, 0.1) is 12.2 Å². The number of nitrogens with one attached hydrogen (secondary N) is 1. The van der Waals surface area contributed by atoms with Crippen molar-refractivity contribution in [1.82, 2.24) is 19.8 Å². The van der Waals surface area contributed by atoms with Crippen LogP contribution in [0.1, 0.15) is 49.4 Å². The van der Waals surface area contributed by atoms with Crippen molar-refractivity contribution in [3.8, 4) is 0 Å². The molecule has 7 nitrogen and oxygen atoms in total. The normalized spacial score (nSPS) is 20.9. The highest BCUT2D eigenvalue weighted by molar-refractivity contribution is 9.10. The maximum absolute atomic E-state index is 13.4. The number of nitrogens with zero attached hydrogens (tertiary/aromatic N) is 3. The molecule has 0 radical (unpaired) electrons. The molecule has 1 aromatic rings. The van der Waals surface area contributed by atoms with Crippen LogP contribution < -0.4 is 5.32 Å². The number of carbonyl (C=O) groups excluding carboxylic acids is 3. The van der Waals surface area contributed by atoms with Gasteiger partial charge in [0, 0.05) is 19.9 Å². The third kappa shape index (κ3) is 3.26. The van der Waals surface area contributed by atoms with Crippen LogP contribution in [0.25, 0.3) is 0 Å². The number of halogens is 3. The fourth-order valence-corrected chi connectivity index (χ4v) is 3.54. The molecule has 0 aromatic carbocycles. The van der Waals surface area contributed by atoms with Crippen LogP contribution in [-0.2, 0) is 11.8 Å². The molecule has 0 atom stereocenters. The molecule has 2 heterocycles. The van der Waals surface area contributed by atoms with Crippen LogP contribution in [-0.4, -0.2) is 50.2 Å². The highest BCUT2D eigenvalue weighted by atomic mass is 79.9. The van der Waals surface area contributed by atoms with Crippen LogP contribution >= 0.6 is 15.9 Å². The third-order valence-electron chi connectivity index (χ3n) is 4.82. The first kappa shape index (κ1) is 20.5. The van der Waals surface area contributed by atoms with Gasteiger partial charge in [-0.15, -0.1) is 0 Å². The molecule has 1 saturated heterocycles. The van der Waals surface area contributed by atoms with Crippen molar-refractivity contribution < 1.29 is 23.2 Å². The second-order valence-electron chi connectivity index (χ2n) is 6.55. The Kier molecular flexibility index (Phi) is 5.29. The van der Waals surface area contributed by atoms with Crippen LogP contribution in [0.5, 0.6) is 0 Å². The van der Waals surface area contributed by atoms with Gasteiger partial charge in [0.2, 0.25) is 11.7 Å². The van der Waals surface area contributed by atoms with Crippen LogP contribution in [0, 0.1) is 6.92 Å². The molecule has 1 aliphatic carbocycles. The van der Waals surface area contributed by atoms with Crippen molar-refractivity contribution in [3.05, 3.63) is 16.1 Å². The van der Waals surface area contributed by atoms with Crippen molar-refractivity contribution in [3.63, 3.8) is 0 Å². The van der Waals surface area contributed by atoms with Gasteiger partial charge in [0.1, 0.15) is 10.1 Å². The van der Waals surface area contributed by atoms with E-state index in [0.29, 0.717) is 10.3 Å². The minimum absolute atomic E-state index is 0. The maximum Gasteiger partial charge on any atom is 0.325 e. The lowest BCUT2D eigenvalue weighted by Gasteiger charge is -2.34. The van der Waals surface area contributed by atoms with Crippen LogP contribution in [0.2, 0.25) is 0 Å². The summed E-state index contributed by atoms with van der Waals surface area (Å²) in [5, 5.41) is 2.51. The molecule has 10 heteroatoms. The lowest BCUT2D eigenvalue weighted by atomic mass is 9.80. The highest BCUT2D eigenvalue weighted by Crippen LogP contribution is 2.41. The van der Waals surface area contributed by atoms with E-state index >= 15 is 0 Å². The Morgan fingerprint density at radius 1 is 1.27 bits per heavy atom. The molecular formula is C16H21BrF2N4O3. The highest BCUT2D eigenvalue weighted by Gasteiger charge is 2.55. The second kappa shape index (κ2) is 6.71. The number of imide groups is 1. The van der Waals surface area contributed by atoms with Crippen molar-refractivity contribution >= 4 is 33.7 Å². The fraction of sp³-hybridized carbons (Fsp3) is 0.625. The van der Waals surface area contributed by atoms with Gasteiger partial charge >= 0.3 is 6.03 Å². The SMILES string of the molecule is C.Cc1nc(C(=O)CN2C(=O)NC3(CCC(F)(F)CC3)C2=O)n(C)c1Br. The molecule has 3 amide bonds. The van der Waals surface area contributed by atoms with E-state index in [0.717, 1.165) is 4.90 Å². The summed E-state index contributed by atoms with van der Waals surface area (Å²) in [6.45, 7) is 1.24. The zero-order valence-corrected chi connectivity index (χ0v) is 15.3. The Bertz CT molecular complexity index is 768. The van der Waals surface area contributed by atoms with Crippen LogP contribution in [0.4, 0.5) is 13.6 Å². The second-order valence-corrected chi connectivity index (χ2v) is 7.30. The summed E-state index contributed by atoms with van der Waals surface area (Å²) < 4.78 is 28.9. The predicted molar refractivity (Wildman–Crippen MR) is 93.1 cm³/mol. The number of hydrogen-bond acceptors (Lipinski definition) is 4. The first-order chi connectivity index (χ1) is 11.6. The van der Waals surface area contributed by atoms with Crippen molar-refractivity contribution in [2.24, 2.45) is 7.05 Å². The van der Waals surface area contributed by atoms with E-state index in [2.05, 4.69) is 26.2 Å². The number of urea groups is 1. The quantitative estimate of drug-likeness (QED) is 0.585. The first-order valence-corrected chi connectivity index (χ1v) is 8.60. The standard InChI is InChI=1S/C15H17BrF2N4O3.CH4/c1-8-10(16)21(2)11(19-8)9(23)7-22-12(24)14(20-13(22)25)3-5-15(17,18)6-4-14;/h3-7H2,1-2H3,(H,20,25);1H4. The number of alkyl halides is 2. The van der Waals surface area contributed by atoms with Gasteiger partial charge in [0.25, 0.3) is 5.91 Å². The summed E-state index contributed by atoms with van der Waals surface area (Å²) in [7, 11) is 1.63. The Morgan fingerprint density at radius 3 is 2.35 bits per heavy atom. The Labute approximate surface area is 158 Å². The van der Waals surface area contributed by atoms with Crippen LogP contribution in [0.3, 0.4) is 0 Å². The number of rotatable bonds is 3. The molecule has 1 spiro atoms. The smallest absolute Gasteiger partial charge is 0.323 e. The third-order valence-corrected chi connectivity index (χ3v) is 5.92. The number of ketones is 1.